The van der Waals surface area contributed by atoms with Crippen molar-refractivity contribution in [3.8, 4) is 0 Å². The van der Waals surface area contributed by atoms with Crippen LogP contribution in [0.5, 0.6) is 0 Å². The normalized spacial score (nSPS) is 22.9. The summed E-state index contributed by atoms with van der Waals surface area (Å²) in [6.07, 6.45) is 2.84. The molecule has 1 aromatic heterocycles. The van der Waals surface area contributed by atoms with Crippen molar-refractivity contribution >= 4 is 18.2 Å². The van der Waals surface area contributed by atoms with Crippen LogP contribution in [0, 0.1) is 4.77 Å². The van der Waals surface area contributed by atoms with Crippen molar-refractivity contribution < 1.29 is 14.3 Å². The van der Waals surface area contributed by atoms with Gasteiger partial charge in [-0.15, -0.1) is 0 Å². The third-order valence-corrected chi connectivity index (χ3v) is 3.03. The van der Waals surface area contributed by atoms with Crippen molar-refractivity contribution in [2.75, 3.05) is 6.61 Å². The summed E-state index contributed by atoms with van der Waals surface area (Å²) in [4.78, 5) is 24.3. The highest BCUT2D eigenvalue weighted by molar-refractivity contribution is 7.71. The number of hydrogen-bond acceptors (Lipinski definition) is 5. The number of nitrogens with zero attached hydrogens (tertiary/aromatic N) is 1. The lowest BCUT2D eigenvalue weighted by Crippen LogP contribution is -2.20. The molecule has 0 bridgehead atoms. The summed E-state index contributed by atoms with van der Waals surface area (Å²) in [6, 6.07) is 1.40. The number of nitrogens with one attached hydrogen (secondary N) is 1. The third-order valence-electron chi connectivity index (χ3n) is 2.72. The van der Waals surface area contributed by atoms with E-state index in [1.54, 1.807) is 10.8 Å². The molecule has 2 heterocycles. The fourth-order valence-electron chi connectivity index (χ4n) is 1.88. The molecule has 0 aliphatic carbocycles. The minimum Gasteiger partial charge on any atom is -0.463 e. The first-order valence-corrected chi connectivity index (χ1v) is 6.07. The molecule has 7 heteroatoms. The maximum absolute atomic E-state index is 11.1. The van der Waals surface area contributed by atoms with E-state index in [9.17, 15) is 9.59 Å². The van der Waals surface area contributed by atoms with Gasteiger partial charge >= 0.3 is 5.97 Å². The van der Waals surface area contributed by atoms with Gasteiger partial charge in [-0.3, -0.25) is 19.1 Å². The van der Waals surface area contributed by atoms with E-state index >= 15 is 0 Å². The van der Waals surface area contributed by atoms with Gasteiger partial charge < -0.3 is 9.47 Å². The van der Waals surface area contributed by atoms with Crippen molar-refractivity contribution in [2.24, 2.45) is 0 Å². The molecule has 0 spiro atoms. The number of aromatic amines is 1. The number of esters is 1. The van der Waals surface area contributed by atoms with Gasteiger partial charge in [-0.25, -0.2) is 0 Å². The molecule has 0 radical (unpaired) electrons. The SMILES string of the molecule is CC(=O)OCC1CCC(n2ccc(=O)[nH]c2=S)O1. The maximum atomic E-state index is 11.1. The lowest BCUT2D eigenvalue weighted by Gasteiger charge is -2.16. The highest BCUT2D eigenvalue weighted by atomic mass is 32.1. The monoisotopic (exact) mass is 270 g/mol. The molecule has 0 saturated carbocycles. The second-order valence-corrected chi connectivity index (χ2v) is 4.50. The van der Waals surface area contributed by atoms with Crippen LogP contribution in [-0.2, 0) is 14.3 Å². The number of carbonyl (C=O) groups excluding carboxylic acids is 1. The number of rotatable bonds is 3. The smallest absolute Gasteiger partial charge is 0.302 e. The topological polar surface area (TPSA) is 73.3 Å². The first-order valence-electron chi connectivity index (χ1n) is 5.66. The zero-order valence-electron chi connectivity index (χ0n) is 9.92. The van der Waals surface area contributed by atoms with Gasteiger partial charge in [0.25, 0.3) is 5.56 Å². The van der Waals surface area contributed by atoms with Gasteiger partial charge in [-0.05, 0) is 25.1 Å². The maximum Gasteiger partial charge on any atom is 0.302 e. The zero-order chi connectivity index (χ0) is 13.1. The van der Waals surface area contributed by atoms with E-state index in [2.05, 4.69) is 4.98 Å². The number of hydrogen-bond donors (Lipinski definition) is 1. The van der Waals surface area contributed by atoms with Gasteiger partial charge in [0, 0.05) is 19.2 Å². The third kappa shape index (κ3) is 3.05. The molecule has 6 nitrogen and oxygen atoms in total. The van der Waals surface area contributed by atoms with Gasteiger partial charge in [0.1, 0.15) is 12.8 Å². The molecule has 2 rings (SSSR count). The van der Waals surface area contributed by atoms with Crippen LogP contribution in [0.15, 0.2) is 17.1 Å². The Morgan fingerprint density at radius 3 is 3.11 bits per heavy atom. The van der Waals surface area contributed by atoms with Gasteiger partial charge in [0.05, 0.1) is 6.10 Å². The van der Waals surface area contributed by atoms with Crippen LogP contribution >= 0.6 is 12.2 Å². The van der Waals surface area contributed by atoms with Crippen LogP contribution in [0.1, 0.15) is 26.0 Å². The second kappa shape index (κ2) is 5.45. The highest BCUT2D eigenvalue weighted by Gasteiger charge is 2.27. The van der Waals surface area contributed by atoms with Gasteiger partial charge in [0.15, 0.2) is 4.77 Å². The van der Waals surface area contributed by atoms with Crippen LogP contribution in [0.4, 0.5) is 0 Å². The minimum absolute atomic E-state index is 0.118. The molecule has 1 saturated heterocycles. The molecule has 1 aliphatic rings. The highest BCUT2D eigenvalue weighted by Crippen LogP contribution is 2.28. The summed E-state index contributed by atoms with van der Waals surface area (Å²) < 4.78 is 12.7. The molecule has 1 N–H and O–H groups in total. The average Bonchev–Trinajstić information content (AvgIpc) is 2.75. The van der Waals surface area contributed by atoms with Crippen LogP contribution in [-0.4, -0.2) is 28.2 Å². The molecule has 1 fully saturated rings. The van der Waals surface area contributed by atoms with E-state index in [1.807, 2.05) is 0 Å². The van der Waals surface area contributed by atoms with Crippen LogP contribution < -0.4 is 5.56 Å². The summed E-state index contributed by atoms with van der Waals surface area (Å²) >= 11 is 5.06. The number of carbonyl (C=O) groups is 1. The predicted molar refractivity (Wildman–Crippen MR) is 65.7 cm³/mol. The van der Waals surface area contributed by atoms with Crippen molar-refractivity contribution in [1.82, 2.24) is 9.55 Å². The standard InChI is InChI=1S/C11H14N2O4S/c1-7(14)16-6-8-2-3-10(17-8)13-5-4-9(15)12-11(13)18/h4-5,8,10H,2-3,6H2,1H3,(H,12,15,18). The number of H-pyrrole nitrogens is 1. The number of ether oxygens (including phenoxy) is 2. The summed E-state index contributed by atoms with van der Waals surface area (Å²) in [5.41, 5.74) is -0.231. The Morgan fingerprint density at radius 2 is 2.44 bits per heavy atom. The molecular weight excluding hydrogens is 256 g/mol. The van der Waals surface area contributed by atoms with E-state index in [-0.39, 0.29) is 30.5 Å². The lowest BCUT2D eigenvalue weighted by atomic mass is 10.2. The Morgan fingerprint density at radius 1 is 1.67 bits per heavy atom. The van der Waals surface area contributed by atoms with E-state index < -0.39 is 0 Å². The first kappa shape index (κ1) is 13.0. The molecule has 1 aliphatic heterocycles. The van der Waals surface area contributed by atoms with E-state index in [0.717, 1.165) is 12.8 Å². The average molecular weight is 270 g/mol. The van der Waals surface area contributed by atoms with Crippen molar-refractivity contribution in [1.29, 1.82) is 0 Å². The largest absolute Gasteiger partial charge is 0.463 e. The molecule has 98 valence electrons. The molecule has 0 amide bonds. The Balaban J connectivity index is 2.02. The fourth-order valence-corrected chi connectivity index (χ4v) is 2.16. The van der Waals surface area contributed by atoms with Crippen LogP contribution in [0.2, 0.25) is 0 Å². The number of aromatic nitrogens is 2. The lowest BCUT2D eigenvalue weighted by molar-refractivity contribution is -0.145. The van der Waals surface area contributed by atoms with Crippen molar-refractivity contribution in [2.45, 2.75) is 32.1 Å². The van der Waals surface area contributed by atoms with E-state index in [1.165, 1.54) is 13.0 Å². The summed E-state index contributed by atoms with van der Waals surface area (Å²) in [6.45, 7) is 1.62. The molecular formula is C11H14N2O4S. The van der Waals surface area contributed by atoms with Gasteiger partial charge in [-0.1, -0.05) is 0 Å². The summed E-state index contributed by atoms with van der Waals surface area (Å²) in [5, 5.41) is 0. The Bertz CT molecular complexity index is 550. The van der Waals surface area contributed by atoms with Gasteiger partial charge in [-0.2, -0.15) is 0 Å². The molecule has 2 atom stereocenters. The Hall–Kier alpha value is -1.47. The second-order valence-electron chi connectivity index (χ2n) is 4.11. The zero-order valence-corrected chi connectivity index (χ0v) is 10.7. The molecule has 2 unspecified atom stereocenters. The summed E-state index contributed by atoms with van der Waals surface area (Å²) in [5.74, 6) is -0.317. The van der Waals surface area contributed by atoms with Gasteiger partial charge in [0.2, 0.25) is 0 Å². The molecule has 1 aromatic rings. The quantitative estimate of drug-likeness (QED) is 0.658. The van der Waals surface area contributed by atoms with Crippen molar-refractivity contribution in [3.63, 3.8) is 0 Å². The Labute approximate surface area is 109 Å². The Kier molecular flexibility index (Phi) is 3.93. The minimum atomic E-state index is -0.317. The predicted octanol–water partition coefficient (Wildman–Crippen LogP) is 1.15. The van der Waals surface area contributed by atoms with E-state index in [4.69, 9.17) is 21.7 Å². The molecule has 18 heavy (non-hydrogen) atoms. The summed E-state index contributed by atoms with van der Waals surface area (Å²) in [7, 11) is 0. The molecule has 0 aromatic carbocycles. The van der Waals surface area contributed by atoms with Crippen LogP contribution in [0.3, 0.4) is 0 Å². The van der Waals surface area contributed by atoms with E-state index in [0.29, 0.717) is 4.77 Å². The van der Waals surface area contributed by atoms with Crippen LogP contribution in [0.25, 0.3) is 0 Å². The fraction of sp³-hybridized carbons (Fsp3) is 0.545. The van der Waals surface area contributed by atoms with Crippen molar-refractivity contribution in [3.05, 3.63) is 27.4 Å². The first-order chi connectivity index (χ1) is 8.56.